The van der Waals surface area contributed by atoms with Crippen LogP contribution in [0.25, 0.3) is 0 Å². The fourth-order valence-electron chi connectivity index (χ4n) is 1.24. The van der Waals surface area contributed by atoms with Gasteiger partial charge in [-0.05, 0) is 28.1 Å². The van der Waals surface area contributed by atoms with Crippen LogP contribution in [0.4, 0.5) is 5.69 Å². The number of anilines is 1. The van der Waals surface area contributed by atoms with E-state index in [4.69, 9.17) is 5.73 Å². The van der Waals surface area contributed by atoms with Gasteiger partial charge in [-0.1, -0.05) is 6.07 Å². The summed E-state index contributed by atoms with van der Waals surface area (Å²) in [6, 6.07) is 5.15. The monoisotopic (exact) mass is 299 g/mol. The molecular weight excluding hydrogens is 286 g/mol. The number of nitrogen functional groups attached to an aromatic ring is 1. The quantitative estimate of drug-likeness (QED) is 0.570. The molecule has 1 aromatic rings. The lowest BCUT2D eigenvalue weighted by Gasteiger charge is -2.08. The van der Waals surface area contributed by atoms with Gasteiger partial charge in [0.25, 0.3) is 5.91 Å². The highest BCUT2D eigenvalue weighted by molar-refractivity contribution is 9.10. The first-order valence-corrected chi connectivity index (χ1v) is 5.88. The Kier molecular flexibility index (Phi) is 4.96. The van der Waals surface area contributed by atoms with Crippen molar-refractivity contribution < 1.29 is 9.59 Å². The van der Waals surface area contributed by atoms with Crippen molar-refractivity contribution in [2.45, 2.75) is 6.92 Å². The molecule has 92 valence electrons. The molecule has 0 atom stereocenters. The van der Waals surface area contributed by atoms with Crippen LogP contribution >= 0.6 is 15.9 Å². The Morgan fingerprint density at radius 2 is 1.94 bits per heavy atom. The van der Waals surface area contributed by atoms with E-state index >= 15 is 0 Å². The van der Waals surface area contributed by atoms with Gasteiger partial charge in [0.15, 0.2) is 0 Å². The minimum atomic E-state index is -0.255. The van der Waals surface area contributed by atoms with Crippen molar-refractivity contribution in [1.29, 1.82) is 0 Å². The molecule has 0 saturated carbocycles. The molecule has 4 N–H and O–H groups in total. The van der Waals surface area contributed by atoms with Crippen LogP contribution in [-0.4, -0.2) is 24.9 Å². The molecule has 0 aliphatic rings. The largest absolute Gasteiger partial charge is 0.397 e. The third kappa shape index (κ3) is 4.07. The molecule has 0 aliphatic heterocycles. The van der Waals surface area contributed by atoms with E-state index in [0.717, 1.165) is 0 Å². The molecule has 1 rings (SSSR count). The summed E-state index contributed by atoms with van der Waals surface area (Å²) in [7, 11) is 0. The Balaban J connectivity index is 2.53. The van der Waals surface area contributed by atoms with Crippen molar-refractivity contribution >= 4 is 33.4 Å². The maximum absolute atomic E-state index is 11.7. The number of para-hydroxylation sites is 1. The van der Waals surface area contributed by atoms with E-state index in [1.165, 1.54) is 6.92 Å². The Labute approximate surface area is 108 Å². The molecule has 0 heterocycles. The van der Waals surface area contributed by atoms with E-state index in [0.29, 0.717) is 28.8 Å². The average Bonchev–Trinajstić information content (AvgIpc) is 2.27. The number of hydrogen-bond donors (Lipinski definition) is 3. The summed E-state index contributed by atoms with van der Waals surface area (Å²) in [4.78, 5) is 22.3. The minimum absolute atomic E-state index is 0.124. The first kappa shape index (κ1) is 13.5. The summed E-state index contributed by atoms with van der Waals surface area (Å²) < 4.78 is 0.687. The van der Waals surface area contributed by atoms with Crippen molar-refractivity contribution in [3.8, 4) is 0 Å². The van der Waals surface area contributed by atoms with Gasteiger partial charge in [-0.25, -0.2) is 0 Å². The zero-order valence-corrected chi connectivity index (χ0v) is 11.0. The molecule has 0 spiro atoms. The van der Waals surface area contributed by atoms with E-state index in [2.05, 4.69) is 26.6 Å². The summed E-state index contributed by atoms with van der Waals surface area (Å²) in [6.45, 7) is 2.19. The van der Waals surface area contributed by atoms with Crippen molar-refractivity contribution in [1.82, 2.24) is 10.6 Å². The summed E-state index contributed by atoms with van der Waals surface area (Å²) >= 11 is 3.25. The molecule has 6 heteroatoms. The van der Waals surface area contributed by atoms with Crippen LogP contribution in [0.15, 0.2) is 22.7 Å². The smallest absolute Gasteiger partial charge is 0.253 e. The molecule has 0 fully saturated rings. The van der Waals surface area contributed by atoms with Crippen molar-refractivity contribution in [3.63, 3.8) is 0 Å². The van der Waals surface area contributed by atoms with Crippen LogP contribution in [0.5, 0.6) is 0 Å². The molecule has 0 radical (unpaired) electrons. The van der Waals surface area contributed by atoms with Crippen molar-refractivity contribution in [2.24, 2.45) is 0 Å². The highest BCUT2D eigenvalue weighted by atomic mass is 79.9. The topological polar surface area (TPSA) is 84.2 Å². The van der Waals surface area contributed by atoms with E-state index in [1.54, 1.807) is 18.2 Å². The lowest BCUT2D eigenvalue weighted by atomic mass is 10.1. The molecule has 5 nitrogen and oxygen atoms in total. The second kappa shape index (κ2) is 6.24. The van der Waals surface area contributed by atoms with E-state index in [1.807, 2.05) is 0 Å². The van der Waals surface area contributed by atoms with Crippen LogP contribution in [0.3, 0.4) is 0 Å². The number of hydrogen-bond acceptors (Lipinski definition) is 3. The Morgan fingerprint density at radius 1 is 1.29 bits per heavy atom. The van der Waals surface area contributed by atoms with Crippen LogP contribution in [0.2, 0.25) is 0 Å². The highest BCUT2D eigenvalue weighted by Crippen LogP contribution is 2.22. The predicted octanol–water partition coefficient (Wildman–Crippen LogP) is 0.897. The highest BCUT2D eigenvalue weighted by Gasteiger charge is 2.10. The maximum Gasteiger partial charge on any atom is 0.253 e. The van der Waals surface area contributed by atoms with Crippen LogP contribution < -0.4 is 16.4 Å². The molecule has 2 amide bonds. The van der Waals surface area contributed by atoms with Crippen LogP contribution in [-0.2, 0) is 4.79 Å². The fraction of sp³-hybridized carbons (Fsp3) is 0.273. The second-order valence-electron chi connectivity index (χ2n) is 3.44. The van der Waals surface area contributed by atoms with Gasteiger partial charge in [0.05, 0.1) is 11.3 Å². The SMILES string of the molecule is CC(=O)NCCNC(=O)c1cccc(Br)c1N. The predicted molar refractivity (Wildman–Crippen MR) is 69.6 cm³/mol. The Morgan fingerprint density at radius 3 is 2.59 bits per heavy atom. The molecule has 1 aromatic carbocycles. The second-order valence-corrected chi connectivity index (χ2v) is 4.29. The van der Waals surface area contributed by atoms with Gasteiger partial charge in [0, 0.05) is 24.5 Å². The number of halogens is 1. The number of carbonyl (C=O) groups is 2. The normalized spacial score (nSPS) is 9.76. The molecule has 0 aromatic heterocycles. The maximum atomic E-state index is 11.7. The molecule has 0 aliphatic carbocycles. The fourth-order valence-corrected chi connectivity index (χ4v) is 1.61. The van der Waals surface area contributed by atoms with Crippen LogP contribution in [0.1, 0.15) is 17.3 Å². The Hall–Kier alpha value is -1.56. The third-order valence-corrected chi connectivity index (χ3v) is 2.77. The number of benzene rings is 1. The van der Waals surface area contributed by atoms with E-state index < -0.39 is 0 Å². The number of amides is 2. The molecule has 0 bridgehead atoms. The zero-order valence-electron chi connectivity index (χ0n) is 9.42. The molecule has 17 heavy (non-hydrogen) atoms. The summed E-state index contributed by atoms with van der Waals surface area (Å²) in [6.07, 6.45) is 0. The minimum Gasteiger partial charge on any atom is -0.397 e. The number of nitrogens with one attached hydrogen (secondary N) is 2. The first-order valence-electron chi connectivity index (χ1n) is 5.09. The van der Waals surface area contributed by atoms with Gasteiger partial charge in [-0.15, -0.1) is 0 Å². The summed E-state index contributed by atoms with van der Waals surface area (Å²) in [5.74, 6) is -0.379. The lowest BCUT2D eigenvalue weighted by Crippen LogP contribution is -2.33. The van der Waals surface area contributed by atoms with Crippen LogP contribution in [0, 0.1) is 0 Å². The molecule has 0 unspecified atom stereocenters. The first-order chi connectivity index (χ1) is 8.02. The van der Waals surface area contributed by atoms with Gasteiger partial charge in [-0.2, -0.15) is 0 Å². The van der Waals surface area contributed by atoms with Gasteiger partial charge < -0.3 is 16.4 Å². The lowest BCUT2D eigenvalue weighted by molar-refractivity contribution is -0.118. The van der Waals surface area contributed by atoms with Gasteiger partial charge in [-0.3, -0.25) is 9.59 Å². The average molecular weight is 300 g/mol. The summed E-state index contributed by atoms with van der Waals surface area (Å²) in [5.41, 5.74) is 6.58. The standard InChI is InChI=1S/C11H14BrN3O2/c1-7(16)14-5-6-15-11(17)8-3-2-4-9(12)10(8)13/h2-4H,5-6,13H2,1H3,(H,14,16)(H,15,17). The van der Waals surface area contributed by atoms with Gasteiger partial charge in [0.1, 0.15) is 0 Å². The molecule has 0 saturated heterocycles. The zero-order chi connectivity index (χ0) is 12.8. The van der Waals surface area contributed by atoms with Gasteiger partial charge >= 0.3 is 0 Å². The van der Waals surface area contributed by atoms with Crippen molar-refractivity contribution in [3.05, 3.63) is 28.2 Å². The molecular formula is C11H14BrN3O2. The number of rotatable bonds is 4. The number of carbonyl (C=O) groups excluding carboxylic acids is 2. The van der Waals surface area contributed by atoms with E-state index in [9.17, 15) is 9.59 Å². The summed E-state index contributed by atoms with van der Waals surface area (Å²) in [5, 5.41) is 5.25. The van der Waals surface area contributed by atoms with Gasteiger partial charge in [0.2, 0.25) is 5.91 Å². The van der Waals surface area contributed by atoms with E-state index in [-0.39, 0.29) is 11.8 Å². The van der Waals surface area contributed by atoms with Crippen molar-refractivity contribution in [2.75, 3.05) is 18.8 Å². The number of nitrogens with two attached hydrogens (primary N) is 1. The third-order valence-electron chi connectivity index (χ3n) is 2.08. The Bertz CT molecular complexity index is 435.